The van der Waals surface area contributed by atoms with Gasteiger partial charge < -0.3 is 14.2 Å². The van der Waals surface area contributed by atoms with Crippen LogP contribution in [0.25, 0.3) is 11.0 Å². The molecule has 0 fully saturated rings. The third kappa shape index (κ3) is 2.74. The summed E-state index contributed by atoms with van der Waals surface area (Å²) in [4.78, 5) is 0. The van der Waals surface area contributed by atoms with Crippen molar-refractivity contribution in [1.29, 1.82) is 0 Å². The monoisotopic (exact) mass is 319 g/mol. The summed E-state index contributed by atoms with van der Waals surface area (Å²) in [7, 11) is 0. The Hall–Kier alpha value is -1.52. The van der Waals surface area contributed by atoms with Gasteiger partial charge in [0.05, 0.1) is 18.6 Å². The summed E-state index contributed by atoms with van der Waals surface area (Å²) in [5, 5.41) is 4.52. The molecule has 1 N–H and O–H groups in total. The molecular formula is C15H14BrNO2. The van der Waals surface area contributed by atoms with E-state index in [2.05, 4.69) is 40.3 Å². The average Bonchev–Trinajstić information content (AvgIpc) is 3.04. The highest BCUT2D eigenvalue weighted by Crippen LogP contribution is 2.26. The van der Waals surface area contributed by atoms with E-state index in [1.54, 1.807) is 12.5 Å². The molecule has 1 unspecified atom stereocenters. The van der Waals surface area contributed by atoms with Gasteiger partial charge in [0.25, 0.3) is 0 Å². The Bertz CT molecular complexity index is 673. The largest absolute Gasteiger partial charge is 0.472 e. The van der Waals surface area contributed by atoms with Crippen molar-refractivity contribution < 1.29 is 8.83 Å². The summed E-state index contributed by atoms with van der Waals surface area (Å²) < 4.78 is 12.0. The molecule has 3 aromatic rings. The van der Waals surface area contributed by atoms with E-state index in [0.717, 1.165) is 33.3 Å². The van der Waals surface area contributed by atoms with Crippen LogP contribution in [0.3, 0.4) is 0 Å². The fourth-order valence-corrected chi connectivity index (χ4v) is 2.39. The highest BCUT2D eigenvalue weighted by Gasteiger charge is 2.11. The first-order valence-corrected chi connectivity index (χ1v) is 6.95. The lowest BCUT2D eigenvalue weighted by atomic mass is 10.2. The van der Waals surface area contributed by atoms with E-state index in [-0.39, 0.29) is 6.04 Å². The molecule has 0 aliphatic rings. The zero-order valence-electron chi connectivity index (χ0n) is 10.5. The van der Waals surface area contributed by atoms with Crippen LogP contribution in [0, 0.1) is 0 Å². The molecule has 0 spiro atoms. The second-order valence-electron chi connectivity index (χ2n) is 4.57. The van der Waals surface area contributed by atoms with E-state index in [9.17, 15) is 0 Å². The molecule has 3 nitrogen and oxygen atoms in total. The van der Waals surface area contributed by atoms with Crippen LogP contribution < -0.4 is 5.32 Å². The Morgan fingerprint density at radius 2 is 2.16 bits per heavy atom. The first-order valence-electron chi connectivity index (χ1n) is 6.16. The van der Waals surface area contributed by atoms with Crippen molar-refractivity contribution in [3.63, 3.8) is 0 Å². The van der Waals surface area contributed by atoms with Gasteiger partial charge >= 0.3 is 0 Å². The molecule has 1 aromatic carbocycles. The van der Waals surface area contributed by atoms with Gasteiger partial charge in [-0.15, -0.1) is 0 Å². The minimum Gasteiger partial charge on any atom is -0.472 e. The Balaban J connectivity index is 1.75. The van der Waals surface area contributed by atoms with E-state index >= 15 is 0 Å². The zero-order chi connectivity index (χ0) is 13.2. The Morgan fingerprint density at radius 1 is 1.26 bits per heavy atom. The highest BCUT2D eigenvalue weighted by atomic mass is 79.9. The van der Waals surface area contributed by atoms with E-state index in [1.165, 1.54) is 0 Å². The van der Waals surface area contributed by atoms with Crippen LogP contribution in [0.2, 0.25) is 0 Å². The van der Waals surface area contributed by atoms with E-state index in [4.69, 9.17) is 8.83 Å². The molecule has 0 amide bonds. The summed E-state index contributed by atoms with van der Waals surface area (Å²) in [5.74, 6) is 0.941. The fourth-order valence-electron chi connectivity index (χ4n) is 2.01. The second-order valence-corrected chi connectivity index (χ2v) is 5.48. The van der Waals surface area contributed by atoms with Gasteiger partial charge in [-0.05, 0) is 37.3 Å². The highest BCUT2D eigenvalue weighted by molar-refractivity contribution is 9.10. The molecule has 4 heteroatoms. The molecule has 1 atom stereocenters. The average molecular weight is 320 g/mol. The Labute approximate surface area is 119 Å². The van der Waals surface area contributed by atoms with Crippen LogP contribution in [0.1, 0.15) is 24.3 Å². The number of hydrogen-bond acceptors (Lipinski definition) is 3. The van der Waals surface area contributed by atoms with Crippen molar-refractivity contribution >= 4 is 26.9 Å². The van der Waals surface area contributed by atoms with E-state index < -0.39 is 0 Å². The van der Waals surface area contributed by atoms with Gasteiger partial charge in [-0.2, -0.15) is 0 Å². The van der Waals surface area contributed by atoms with Crippen LogP contribution in [0.4, 0.5) is 0 Å². The summed E-state index contributed by atoms with van der Waals surface area (Å²) >= 11 is 3.47. The molecule has 0 saturated carbocycles. The lowest BCUT2D eigenvalue weighted by molar-refractivity contribution is 0.449. The fraction of sp³-hybridized carbons (Fsp3) is 0.200. The standard InChI is InChI=1S/C15H14BrNO2/c1-10(17-8-11-4-5-18-9-11)15-7-12-6-13(16)2-3-14(12)19-15/h2-7,9-10,17H,8H2,1H3. The maximum atomic E-state index is 5.85. The molecule has 19 heavy (non-hydrogen) atoms. The third-order valence-electron chi connectivity index (χ3n) is 3.12. The second kappa shape index (κ2) is 5.23. The van der Waals surface area contributed by atoms with Crippen LogP contribution in [0.15, 0.2) is 56.2 Å². The molecule has 2 aromatic heterocycles. The molecule has 3 rings (SSSR count). The first-order chi connectivity index (χ1) is 9.22. The van der Waals surface area contributed by atoms with Gasteiger partial charge in [-0.3, -0.25) is 0 Å². The summed E-state index contributed by atoms with van der Waals surface area (Å²) in [6.45, 7) is 2.85. The minimum absolute atomic E-state index is 0.154. The number of hydrogen-bond donors (Lipinski definition) is 1. The predicted octanol–water partition coefficient (Wildman–Crippen LogP) is 4.64. The molecule has 0 radical (unpaired) electrons. The quantitative estimate of drug-likeness (QED) is 0.761. The van der Waals surface area contributed by atoms with Crippen LogP contribution in [-0.2, 0) is 6.54 Å². The molecule has 0 saturated heterocycles. The lowest BCUT2D eigenvalue weighted by Crippen LogP contribution is -2.17. The molecule has 0 aliphatic heterocycles. The zero-order valence-corrected chi connectivity index (χ0v) is 12.1. The van der Waals surface area contributed by atoms with Crippen molar-refractivity contribution in [2.75, 3.05) is 0 Å². The van der Waals surface area contributed by atoms with Crippen molar-refractivity contribution in [1.82, 2.24) is 5.32 Å². The summed E-state index contributed by atoms with van der Waals surface area (Å²) in [6.07, 6.45) is 3.43. The van der Waals surface area contributed by atoms with Crippen molar-refractivity contribution in [3.8, 4) is 0 Å². The van der Waals surface area contributed by atoms with Crippen LogP contribution >= 0.6 is 15.9 Å². The van der Waals surface area contributed by atoms with Gasteiger partial charge in [0, 0.05) is 22.0 Å². The number of rotatable bonds is 4. The SMILES string of the molecule is CC(NCc1ccoc1)c1cc2cc(Br)ccc2o1. The van der Waals surface area contributed by atoms with Crippen molar-refractivity contribution in [2.24, 2.45) is 0 Å². The van der Waals surface area contributed by atoms with E-state index in [0.29, 0.717) is 0 Å². The van der Waals surface area contributed by atoms with Gasteiger partial charge in [0.2, 0.25) is 0 Å². The molecular weight excluding hydrogens is 306 g/mol. The summed E-state index contributed by atoms with van der Waals surface area (Å²) in [6, 6.07) is 10.2. The van der Waals surface area contributed by atoms with Crippen molar-refractivity contribution in [2.45, 2.75) is 19.5 Å². The Morgan fingerprint density at radius 3 is 2.95 bits per heavy atom. The molecule has 0 bridgehead atoms. The van der Waals surface area contributed by atoms with Gasteiger partial charge in [0.15, 0.2) is 0 Å². The minimum atomic E-state index is 0.154. The van der Waals surface area contributed by atoms with Crippen LogP contribution in [-0.4, -0.2) is 0 Å². The topological polar surface area (TPSA) is 38.3 Å². The normalized spacial score (nSPS) is 12.9. The maximum Gasteiger partial charge on any atom is 0.134 e. The number of nitrogens with one attached hydrogen (secondary N) is 1. The lowest BCUT2D eigenvalue weighted by Gasteiger charge is -2.09. The van der Waals surface area contributed by atoms with Gasteiger partial charge in [-0.1, -0.05) is 15.9 Å². The molecule has 2 heterocycles. The van der Waals surface area contributed by atoms with Crippen molar-refractivity contribution in [3.05, 3.63) is 58.7 Å². The molecule has 98 valence electrons. The number of furan rings is 2. The first kappa shape index (κ1) is 12.5. The van der Waals surface area contributed by atoms with Gasteiger partial charge in [-0.25, -0.2) is 0 Å². The third-order valence-corrected chi connectivity index (χ3v) is 3.61. The van der Waals surface area contributed by atoms with Crippen LogP contribution in [0.5, 0.6) is 0 Å². The summed E-state index contributed by atoms with van der Waals surface area (Å²) in [5.41, 5.74) is 2.04. The smallest absolute Gasteiger partial charge is 0.134 e. The number of fused-ring (bicyclic) bond motifs is 1. The maximum absolute atomic E-state index is 5.85. The van der Waals surface area contributed by atoms with Gasteiger partial charge in [0.1, 0.15) is 11.3 Å². The van der Waals surface area contributed by atoms with E-state index in [1.807, 2.05) is 18.2 Å². The molecule has 0 aliphatic carbocycles. The predicted molar refractivity (Wildman–Crippen MR) is 77.9 cm³/mol. The Kier molecular flexibility index (Phi) is 3.44. The number of benzene rings is 1. The number of halogens is 1.